The summed E-state index contributed by atoms with van der Waals surface area (Å²) in [6, 6.07) is 5.89. The van der Waals surface area contributed by atoms with E-state index in [0.717, 1.165) is 52.7 Å². The van der Waals surface area contributed by atoms with Crippen molar-refractivity contribution in [1.82, 2.24) is 30.0 Å². The third kappa shape index (κ3) is 4.26. The van der Waals surface area contributed by atoms with Gasteiger partial charge in [-0.25, -0.2) is 9.97 Å². The second kappa shape index (κ2) is 7.63. The first-order chi connectivity index (χ1) is 13.1. The molecular weight excluding hydrogens is 362 g/mol. The van der Waals surface area contributed by atoms with Crippen LogP contribution < -0.4 is 5.32 Å². The van der Waals surface area contributed by atoms with Gasteiger partial charge in [0.05, 0.1) is 12.1 Å². The van der Waals surface area contributed by atoms with Crippen LogP contribution in [-0.2, 0) is 4.79 Å². The number of amides is 1. The molecule has 0 bridgehead atoms. The quantitative estimate of drug-likeness (QED) is 0.733. The minimum atomic E-state index is -0.0881. The summed E-state index contributed by atoms with van der Waals surface area (Å²) < 4.78 is 0. The standard InChI is InChI=1S/C18H21N7OS/c1-12-22-23-17(27-12)13-3-4-14-10-19-18(20-15(14)9-13)21-16(26)11-25-7-5-24(2)6-8-25/h3-4,9-10H,5-8,11H2,1-2H3,(H,19,20,21,26). The number of aromatic nitrogens is 4. The van der Waals surface area contributed by atoms with Crippen LogP contribution in [-0.4, -0.2) is 75.6 Å². The largest absolute Gasteiger partial charge is 0.304 e. The Hall–Kier alpha value is -2.49. The van der Waals surface area contributed by atoms with Gasteiger partial charge in [-0.05, 0) is 20.0 Å². The van der Waals surface area contributed by atoms with Gasteiger partial charge in [-0.3, -0.25) is 15.0 Å². The van der Waals surface area contributed by atoms with Gasteiger partial charge in [0.2, 0.25) is 11.9 Å². The summed E-state index contributed by atoms with van der Waals surface area (Å²) in [5.41, 5.74) is 1.73. The number of hydrogen-bond acceptors (Lipinski definition) is 8. The topological polar surface area (TPSA) is 87.1 Å². The zero-order chi connectivity index (χ0) is 18.8. The van der Waals surface area contributed by atoms with Crippen LogP contribution in [0.1, 0.15) is 5.01 Å². The molecule has 2 aromatic heterocycles. The van der Waals surface area contributed by atoms with Crippen LogP contribution in [0.4, 0.5) is 5.95 Å². The van der Waals surface area contributed by atoms with E-state index in [-0.39, 0.29) is 5.91 Å². The fourth-order valence-electron chi connectivity index (χ4n) is 3.00. The molecule has 1 fully saturated rings. The van der Waals surface area contributed by atoms with Crippen LogP contribution >= 0.6 is 11.3 Å². The maximum atomic E-state index is 12.3. The lowest BCUT2D eigenvalue weighted by atomic mass is 10.1. The van der Waals surface area contributed by atoms with Gasteiger partial charge >= 0.3 is 0 Å². The first-order valence-electron chi connectivity index (χ1n) is 8.85. The summed E-state index contributed by atoms with van der Waals surface area (Å²) in [4.78, 5) is 25.5. The Labute approximate surface area is 161 Å². The third-order valence-electron chi connectivity index (χ3n) is 4.57. The van der Waals surface area contributed by atoms with Crippen molar-refractivity contribution >= 4 is 34.1 Å². The van der Waals surface area contributed by atoms with E-state index in [1.807, 2.05) is 25.1 Å². The van der Waals surface area contributed by atoms with Crippen LogP contribution in [0.15, 0.2) is 24.4 Å². The molecule has 9 heteroatoms. The molecule has 0 spiro atoms. The highest BCUT2D eigenvalue weighted by Gasteiger charge is 2.17. The minimum Gasteiger partial charge on any atom is -0.304 e. The van der Waals surface area contributed by atoms with Gasteiger partial charge in [0.1, 0.15) is 10.0 Å². The number of rotatable bonds is 4. The van der Waals surface area contributed by atoms with Crippen molar-refractivity contribution in [2.24, 2.45) is 0 Å². The number of piperazine rings is 1. The lowest BCUT2D eigenvalue weighted by molar-refractivity contribution is -0.117. The molecule has 1 aromatic carbocycles. The highest BCUT2D eigenvalue weighted by molar-refractivity contribution is 7.14. The van der Waals surface area contributed by atoms with Crippen molar-refractivity contribution in [2.45, 2.75) is 6.92 Å². The number of nitrogens with zero attached hydrogens (tertiary/aromatic N) is 6. The second-order valence-electron chi connectivity index (χ2n) is 6.72. The second-order valence-corrected chi connectivity index (χ2v) is 7.90. The minimum absolute atomic E-state index is 0.0881. The van der Waals surface area contributed by atoms with Crippen molar-refractivity contribution in [2.75, 3.05) is 45.1 Å². The molecule has 0 aliphatic carbocycles. The molecule has 1 aliphatic rings. The first-order valence-corrected chi connectivity index (χ1v) is 9.66. The van der Waals surface area contributed by atoms with Gasteiger partial charge in [0.15, 0.2) is 0 Å². The van der Waals surface area contributed by atoms with Gasteiger partial charge in [-0.2, -0.15) is 0 Å². The van der Waals surface area contributed by atoms with Gasteiger partial charge in [-0.15, -0.1) is 10.2 Å². The van der Waals surface area contributed by atoms with Gasteiger partial charge < -0.3 is 4.90 Å². The Bertz CT molecular complexity index is 965. The summed E-state index contributed by atoms with van der Waals surface area (Å²) in [5, 5.41) is 13.7. The Morgan fingerprint density at radius 3 is 2.78 bits per heavy atom. The number of hydrogen-bond donors (Lipinski definition) is 1. The van der Waals surface area contributed by atoms with Gasteiger partial charge in [0.25, 0.3) is 0 Å². The van der Waals surface area contributed by atoms with E-state index < -0.39 is 0 Å². The molecule has 3 heterocycles. The molecule has 0 saturated carbocycles. The highest BCUT2D eigenvalue weighted by Crippen LogP contribution is 2.26. The molecule has 1 amide bonds. The number of anilines is 1. The number of benzene rings is 1. The van der Waals surface area contributed by atoms with Crippen LogP contribution in [0.25, 0.3) is 21.5 Å². The number of fused-ring (bicyclic) bond motifs is 1. The van der Waals surface area contributed by atoms with E-state index >= 15 is 0 Å². The average molecular weight is 383 g/mol. The number of carbonyl (C=O) groups excluding carboxylic acids is 1. The fourth-order valence-corrected chi connectivity index (χ4v) is 3.69. The number of nitrogens with one attached hydrogen (secondary N) is 1. The predicted molar refractivity (Wildman–Crippen MR) is 106 cm³/mol. The lowest BCUT2D eigenvalue weighted by Crippen LogP contribution is -2.47. The normalized spacial score (nSPS) is 15.9. The van der Waals surface area contributed by atoms with E-state index in [1.165, 1.54) is 11.3 Å². The summed E-state index contributed by atoms with van der Waals surface area (Å²) in [7, 11) is 2.09. The SMILES string of the molecule is Cc1nnc(-c2ccc3cnc(NC(=O)CN4CCN(C)CC4)nc3c2)s1. The molecule has 1 saturated heterocycles. The summed E-state index contributed by atoms with van der Waals surface area (Å²) in [6.45, 7) is 6.04. The Balaban J connectivity index is 1.48. The lowest BCUT2D eigenvalue weighted by Gasteiger charge is -2.31. The predicted octanol–water partition coefficient (Wildman–Crippen LogP) is 1.64. The molecule has 0 radical (unpaired) electrons. The molecule has 1 N–H and O–H groups in total. The van der Waals surface area contributed by atoms with Crippen molar-refractivity contribution in [3.05, 3.63) is 29.4 Å². The first kappa shape index (κ1) is 17.9. The van der Waals surface area contributed by atoms with E-state index in [0.29, 0.717) is 12.5 Å². The molecule has 0 atom stereocenters. The maximum absolute atomic E-state index is 12.3. The van der Waals surface area contributed by atoms with Crippen molar-refractivity contribution in [1.29, 1.82) is 0 Å². The number of carbonyl (C=O) groups is 1. The molecule has 140 valence electrons. The van der Waals surface area contributed by atoms with Crippen LogP contribution in [0.3, 0.4) is 0 Å². The Morgan fingerprint density at radius 1 is 1.22 bits per heavy atom. The molecule has 3 aromatic rings. The van der Waals surface area contributed by atoms with Crippen molar-refractivity contribution in [3.8, 4) is 10.6 Å². The van der Waals surface area contributed by atoms with Crippen LogP contribution in [0, 0.1) is 6.92 Å². The molecule has 8 nitrogen and oxygen atoms in total. The van der Waals surface area contributed by atoms with E-state index in [2.05, 4.69) is 42.3 Å². The average Bonchev–Trinajstić information content (AvgIpc) is 3.09. The molecule has 0 unspecified atom stereocenters. The Kier molecular flexibility index (Phi) is 5.06. The fraction of sp³-hybridized carbons (Fsp3) is 0.389. The summed E-state index contributed by atoms with van der Waals surface area (Å²) in [6.07, 6.45) is 1.73. The summed E-state index contributed by atoms with van der Waals surface area (Å²) >= 11 is 1.54. The smallest absolute Gasteiger partial charge is 0.240 e. The molecule has 27 heavy (non-hydrogen) atoms. The molecule has 4 rings (SSSR count). The third-order valence-corrected chi connectivity index (χ3v) is 5.46. The van der Waals surface area contributed by atoms with Crippen molar-refractivity contribution in [3.63, 3.8) is 0 Å². The van der Waals surface area contributed by atoms with E-state index in [1.54, 1.807) is 6.20 Å². The van der Waals surface area contributed by atoms with Crippen molar-refractivity contribution < 1.29 is 4.79 Å². The van der Waals surface area contributed by atoms with Gasteiger partial charge in [0, 0.05) is 43.3 Å². The zero-order valence-electron chi connectivity index (χ0n) is 15.3. The zero-order valence-corrected chi connectivity index (χ0v) is 16.2. The van der Waals surface area contributed by atoms with E-state index in [4.69, 9.17) is 0 Å². The number of aryl methyl sites for hydroxylation is 1. The van der Waals surface area contributed by atoms with Crippen LogP contribution in [0.5, 0.6) is 0 Å². The molecular formula is C18H21N7OS. The highest BCUT2D eigenvalue weighted by atomic mass is 32.1. The van der Waals surface area contributed by atoms with E-state index in [9.17, 15) is 4.79 Å². The van der Waals surface area contributed by atoms with Gasteiger partial charge in [-0.1, -0.05) is 23.5 Å². The summed E-state index contributed by atoms with van der Waals surface area (Å²) in [5.74, 6) is 0.238. The Morgan fingerprint density at radius 2 is 2.04 bits per heavy atom. The monoisotopic (exact) mass is 383 g/mol. The number of likely N-dealkylation sites (N-methyl/N-ethyl adjacent to an activating group) is 1. The molecule has 1 aliphatic heterocycles. The van der Waals surface area contributed by atoms with Crippen LogP contribution in [0.2, 0.25) is 0 Å². The maximum Gasteiger partial charge on any atom is 0.240 e.